The molecule has 1 aliphatic carbocycles. The highest BCUT2D eigenvalue weighted by Crippen LogP contribution is 2.33. The molecule has 0 radical (unpaired) electrons. The van der Waals surface area contributed by atoms with Crippen LogP contribution in [0.2, 0.25) is 0 Å². The molecule has 0 amide bonds. The van der Waals surface area contributed by atoms with Crippen LogP contribution in [0.4, 0.5) is 0 Å². The van der Waals surface area contributed by atoms with E-state index in [1.165, 1.54) is 36.0 Å². The summed E-state index contributed by atoms with van der Waals surface area (Å²) in [6, 6.07) is 4.49. The van der Waals surface area contributed by atoms with E-state index in [1.807, 2.05) is 0 Å². The summed E-state index contributed by atoms with van der Waals surface area (Å²) in [5.74, 6) is 1.39. The minimum absolute atomic E-state index is 0.380. The summed E-state index contributed by atoms with van der Waals surface area (Å²) in [5, 5.41) is 0. The Morgan fingerprint density at radius 2 is 2.00 bits per heavy atom. The van der Waals surface area contributed by atoms with Crippen molar-refractivity contribution in [3.63, 3.8) is 0 Å². The van der Waals surface area contributed by atoms with Gasteiger partial charge in [-0.1, -0.05) is 13.0 Å². The Kier molecular flexibility index (Phi) is 2.96. The summed E-state index contributed by atoms with van der Waals surface area (Å²) in [5.41, 5.74) is 9.93. The first-order valence-corrected chi connectivity index (χ1v) is 5.66. The maximum atomic E-state index is 5.72. The number of hydrogen-bond acceptors (Lipinski definition) is 2. The number of hydrogen-bond donors (Lipinski definition) is 1. The highest BCUT2D eigenvalue weighted by atomic mass is 16.5. The lowest BCUT2D eigenvalue weighted by atomic mass is 9.96. The fraction of sp³-hybridized carbons (Fsp3) is 0.538. The molecule has 82 valence electrons. The van der Waals surface area contributed by atoms with Crippen molar-refractivity contribution in [3.8, 4) is 5.75 Å². The molecule has 1 atom stereocenters. The molecule has 15 heavy (non-hydrogen) atoms. The van der Waals surface area contributed by atoms with Gasteiger partial charge in [0.15, 0.2) is 0 Å². The Balaban J connectivity index is 2.44. The molecule has 2 nitrogen and oxygen atoms in total. The molecular formula is C13H19NO. The van der Waals surface area contributed by atoms with Gasteiger partial charge in [-0.15, -0.1) is 0 Å². The van der Waals surface area contributed by atoms with Crippen LogP contribution in [0.5, 0.6) is 5.75 Å². The predicted octanol–water partition coefficient (Wildman–Crippen LogP) is 2.25. The predicted molar refractivity (Wildman–Crippen MR) is 62.5 cm³/mol. The zero-order valence-corrected chi connectivity index (χ0v) is 9.55. The van der Waals surface area contributed by atoms with Gasteiger partial charge in [0, 0.05) is 0 Å². The second-order valence-corrected chi connectivity index (χ2v) is 4.35. The Morgan fingerprint density at radius 1 is 1.33 bits per heavy atom. The van der Waals surface area contributed by atoms with Crippen molar-refractivity contribution in [1.82, 2.24) is 0 Å². The first-order valence-electron chi connectivity index (χ1n) is 5.66. The Morgan fingerprint density at radius 3 is 2.60 bits per heavy atom. The molecule has 1 aromatic carbocycles. The van der Waals surface area contributed by atoms with Gasteiger partial charge < -0.3 is 10.5 Å². The van der Waals surface area contributed by atoms with E-state index in [2.05, 4.69) is 19.1 Å². The fourth-order valence-electron chi connectivity index (χ4n) is 2.31. The molecule has 2 N–H and O–H groups in total. The van der Waals surface area contributed by atoms with Gasteiger partial charge in [-0.3, -0.25) is 0 Å². The highest BCUT2D eigenvalue weighted by molar-refractivity contribution is 5.46. The standard InChI is InChI=1S/C13H19NO/c1-9(8-14)12-6-10-4-3-5-11(10)7-13(12)15-2/h6-7,9H,3-5,8,14H2,1-2H3. The van der Waals surface area contributed by atoms with Crippen LogP contribution in [-0.4, -0.2) is 13.7 Å². The summed E-state index contributed by atoms with van der Waals surface area (Å²) < 4.78 is 5.44. The maximum Gasteiger partial charge on any atom is 0.122 e. The second kappa shape index (κ2) is 4.23. The molecule has 0 bridgehead atoms. The lowest BCUT2D eigenvalue weighted by molar-refractivity contribution is 0.406. The summed E-state index contributed by atoms with van der Waals surface area (Å²) >= 11 is 0. The molecule has 0 fully saturated rings. The van der Waals surface area contributed by atoms with Crippen molar-refractivity contribution in [2.45, 2.75) is 32.1 Å². The van der Waals surface area contributed by atoms with Crippen LogP contribution in [-0.2, 0) is 12.8 Å². The zero-order valence-electron chi connectivity index (χ0n) is 9.55. The molecule has 0 aliphatic heterocycles. The maximum absolute atomic E-state index is 5.72. The van der Waals surface area contributed by atoms with Gasteiger partial charge in [0.05, 0.1) is 7.11 Å². The molecular weight excluding hydrogens is 186 g/mol. The van der Waals surface area contributed by atoms with Crippen molar-refractivity contribution in [3.05, 3.63) is 28.8 Å². The zero-order chi connectivity index (χ0) is 10.8. The molecule has 0 saturated heterocycles. The third-order valence-electron chi connectivity index (χ3n) is 3.33. The summed E-state index contributed by atoms with van der Waals surface area (Å²) in [7, 11) is 1.74. The molecule has 0 saturated carbocycles. The van der Waals surface area contributed by atoms with Crippen molar-refractivity contribution in [1.29, 1.82) is 0 Å². The van der Waals surface area contributed by atoms with Crippen LogP contribution in [0.3, 0.4) is 0 Å². The number of fused-ring (bicyclic) bond motifs is 1. The highest BCUT2D eigenvalue weighted by Gasteiger charge is 2.17. The van der Waals surface area contributed by atoms with E-state index >= 15 is 0 Å². The van der Waals surface area contributed by atoms with Crippen molar-refractivity contribution in [2.24, 2.45) is 5.73 Å². The first kappa shape index (κ1) is 10.5. The van der Waals surface area contributed by atoms with Gasteiger partial charge in [0.1, 0.15) is 5.75 Å². The summed E-state index contributed by atoms with van der Waals surface area (Å²) in [6.07, 6.45) is 3.69. The van der Waals surface area contributed by atoms with Crippen molar-refractivity contribution < 1.29 is 4.74 Å². The van der Waals surface area contributed by atoms with Gasteiger partial charge in [-0.05, 0) is 54.5 Å². The van der Waals surface area contributed by atoms with Crippen LogP contribution in [0.15, 0.2) is 12.1 Å². The average molecular weight is 205 g/mol. The molecule has 1 unspecified atom stereocenters. The topological polar surface area (TPSA) is 35.2 Å². The molecule has 0 heterocycles. The third kappa shape index (κ3) is 1.86. The largest absolute Gasteiger partial charge is 0.496 e. The average Bonchev–Trinajstić information content (AvgIpc) is 2.73. The molecule has 1 aromatic rings. The number of aryl methyl sites for hydroxylation is 2. The Hall–Kier alpha value is -1.02. The first-order chi connectivity index (χ1) is 7.26. The normalized spacial score (nSPS) is 16.2. The summed E-state index contributed by atoms with van der Waals surface area (Å²) in [4.78, 5) is 0. The third-order valence-corrected chi connectivity index (χ3v) is 3.33. The molecule has 2 rings (SSSR count). The number of benzene rings is 1. The minimum Gasteiger partial charge on any atom is -0.496 e. The summed E-state index contributed by atoms with van der Waals surface area (Å²) in [6.45, 7) is 2.83. The van der Waals surface area contributed by atoms with Crippen molar-refractivity contribution >= 4 is 0 Å². The van der Waals surface area contributed by atoms with Crippen LogP contribution in [0.1, 0.15) is 36.0 Å². The molecule has 2 heteroatoms. The van der Waals surface area contributed by atoms with Crippen LogP contribution in [0, 0.1) is 0 Å². The second-order valence-electron chi connectivity index (χ2n) is 4.35. The number of methoxy groups -OCH3 is 1. The van der Waals surface area contributed by atoms with E-state index in [0.29, 0.717) is 12.5 Å². The number of rotatable bonds is 3. The van der Waals surface area contributed by atoms with Gasteiger partial charge in [0.2, 0.25) is 0 Å². The van der Waals surface area contributed by atoms with E-state index in [4.69, 9.17) is 10.5 Å². The van der Waals surface area contributed by atoms with Crippen molar-refractivity contribution in [2.75, 3.05) is 13.7 Å². The Labute approximate surface area is 91.4 Å². The molecule has 1 aliphatic rings. The smallest absolute Gasteiger partial charge is 0.122 e. The van der Waals surface area contributed by atoms with Gasteiger partial charge >= 0.3 is 0 Å². The van der Waals surface area contributed by atoms with Gasteiger partial charge in [0.25, 0.3) is 0 Å². The SMILES string of the molecule is COc1cc2c(cc1C(C)CN)CCC2. The van der Waals surface area contributed by atoms with E-state index in [-0.39, 0.29) is 0 Å². The molecule has 0 spiro atoms. The van der Waals surface area contributed by atoms with Gasteiger partial charge in [-0.25, -0.2) is 0 Å². The van der Waals surface area contributed by atoms with E-state index in [0.717, 1.165) is 5.75 Å². The quantitative estimate of drug-likeness (QED) is 0.821. The minimum atomic E-state index is 0.380. The van der Waals surface area contributed by atoms with Crippen LogP contribution >= 0.6 is 0 Å². The van der Waals surface area contributed by atoms with E-state index in [9.17, 15) is 0 Å². The lowest BCUT2D eigenvalue weighted by Crippen LogP contribution is -2.10. The van der Waals surface area contributed by atoms with E-state index in [1.54, 1.807) is 7.11 Å². The lowest BCUT2D eigenvalue weighted by Gasteiger charge is -2.16. The Bertz CT molecular complexity index is 360. The van der Waals surface area contributed by atoms with Crippen LogP contribution < -0.4 is 10.5 Å². The van der Waals surface area contributed by atoms with E-state index < -0.39 is 0 Å². The number of nitrogens with two attached hydrogens (primary N) is 1. The monoisotopic (exact) mass is 205 g/mol. The fourth-order valence-corrected chi connectivity index (χ4v) is 2.31. The van der Waals surface area contributed by atoms with Crippen LogP contribution in [0.25, 0.3) is 0 Å². The van der Waals surface area contributed by atoms with Gasteiger partial charge in [-0.2, -0.15) is 0 Å². The molecule has 0 aromatic heterocycles. The number of ether oxygens (including phenoxy) is 1.